The molecule has 1 atom stereocenters. The predicted octanol–water partition coefficient (Wildman–Crippen LogP) is 5.53. The third-order valence-corrected chi connectivity index (χ3v) is 5.19. The van der Waals surface area contributed by atoms with Crippen molar-refractivity contribution in [2.24, 2.45) is 11.8 Å². The normalized spacial score (nSPS) is 24.0. The molecule has 0 spiro atoms. The maximum Gasteiger partial charge on any atom is 0.131 e. The Labute approximate surface area is 130 Å². The molecule has 1 aromatic heterocycles. The Kier molecular flexibility index (Phi) is 6.66. The Hall–Kier alpha value is -0.920. The molecular formula is C19H32N2. The summed E-state index contributed by atoms with van der Waals surface area (Å²) in [5.74, 6) is 3.54. The lowest BCUT2D eigenvalue weighted by Crippen LogP contribution is -2.17. The molecular weight excluding hydrogens is 256 g/mol. The Morgan fingerprint density at radius 2 is 1.76 bits per heavy atom. The fourth-order valence-corrected chi connectivity index (χ4v) is 3.48. The molecule has 0 aliphatic heterocycles. The van der Waals surface area contributed by atoms with E-state index in [0.717, 1.165) is 24.1 Å². The smallest absolute Gasteiger partial charge is 0.131 e. The van der Waals surface area contributed by atoms with Gasteiger partial charge in [0.05, 0.1) is 0 Å². The highest BCUT2D eigenvalue weighted by atomic mass is 14.9. The van der Waals surface area contributed by atoms with E-state index in [0.29, 0.717) is 5.92 Å². The minimum absolute atomic E-state index is 0.610. The van der Waals surface area contributed by atoms with Crippen LogP contribution < -0.4 is 0 Å². The molecule has 2 nitrogen and oxygen atoms in total. The summed E-state index contributed by atoms with van der Waals surface area (Å²) in [6, 6.07) is 0. The quantitative estimate of drug-likeness (QED) is 0.659. The van der Waals surface area contributed by atoms with E-state index < -0.39 is 0 Å². The third-order valence-electron chi connectivity index (χ3n) is 5.19. The second-order valence-corrected chi connectivity index (χ2v) is 7.02. The average Bonchev–Trinajstić information content (AvgIpc) is 2.54. The topological polar surface area (TPSA) is 25.8 Å². The second kappa shape index (κ2) is 8.51. The highest BCUT2D eigenvalue weighted by molar-refractivity contribution is 5.08. The molecule has 0 radical (unpaired) electrons. The molecule has 1 heterocycles. The van der Waals surface area contributed by atoms with Gasteiger partial charge in [-0.2, -0.15) is 0 Å². The molecule has 2 rings (SSSR count). The second-order valence-electron chi connectivity index (χ2n) is 7.02. The third kappa shape index (κ3) is 5.09. The molecule has 0 aromatic carbocycles. The van der Waals surface area contributed by atoms with Crippen molar-refractivity contribution < 1.29 is 0 Å². The summed E-state index contributed by atoms with van der Waals surface area (Å²) < 4.78 is 0. The van der Waals surface area contributed by atoms with Crippen LogP contribution in [-0.2, 0) is 6.42 Å². The molecule has 0 amide bonds. The number of aryl methyl sites for hydroxylation is 1. The van der Waals surface area contributed by atoms with Crippen molar-refractivity contribution in [2.45, 2.75) is 84.5 Å². The first-order chi connectivity index (χ1) is 10.2. The van der Waals surface area contributed by atoms with Gasteiger partial charge in [-0.3, -0.25) is 0 Å². The number of nitrogens with zero attached hydrogens (tertiary/aromatic N) is 2. The fraction of sp³-hybridized carbons (Fsp3) is 0.789. The summed E-state index contributed by atoms with van der Waals surface area (Å²) in [5, 5.41) is 0. The van der Waals surface area contributed by atoms with Crippen LogP contribution in [0.3, 0.4) is 0 Å². The van der Waals surface area contributed by atoms with Crippen molar-refractivity contribution in [2.75, 3.05) is 0 Å². The molecule has 2 heteroatoms. The van der Waals surface area contributed by atoms with Gasteiger partial charge in [-0.25, -0.2) is 9.97 Å². The summed E-state index contributed by atoms with van der Waals surface area (Å²) in [7, 11) is 0. The van der Waals surface area contributed by atoms with Gasteiger partial charge < -0.3 is 0 Å². The standard InChI is InChI=1S/C19H32N2/c1-4-6-7-17-13-20-19(21-14-17)18-10-8-16(9-11-18)12-15(3)5-2/h13-16,18H,4-12H2,1-3H3/t15?,16-,18-. The van der Waals surface area contributed by atoms with Crippen LogP contribution in [0.25, 0.3) is 0 Å². The Morgan fingerprint density at radius 1 is 1.10 bits per heavy atom. The van der Waals surface area contributed by atoms with Gasteiger partial charge in [0.2, 0.25) is 0 Å². The summed E-state index contributed by atoms with van der Waals surface area (Å²) in [6.07, 6.45) is 15.8. The van der Waals surface area contributed by atoms with E-state index in [4.69, 9.17) is 0 Å². The molecule has 0 bridgehead atoms. The molecule has 1 saturated carbocycles. The number of hydrogen-bond acceptors (Lipinski definition) is 2. The minimum Gasteiger partial charge on any atom is -0.241 e. The van der Waals surface area contributed by atoms with Crippen molar-refractivity contribution in [3.63, 3.8) is 0 Å². The predicted molar refractivity (Wildman–Crippen MR) is 89.4 cm³/mol. The van der Waals surface area contributed by atoms with E-state index in [1.807, 2.05) is 0 Å². The van der Waals surface area contributed by atoms with Gasteiger partial charge in [-0.1, -0.05) is 33.6 Å². The molecule has 1 aliphatic carbocycles. The molecule has 0 N–H and O–H groups in total. The van der Waals surface area contributed by atoms with Crippen LogP contribution in [0, 0.1) is 11.8 Å². The molecule has 0 saturated heterocycles. The number of unbranched alkanes of at least 4 members (excludes halogenated alkanes) is 1. The van der Waals surface area contributed by atoms with Gasteiger partial charge in [0.1, 0.15) is 5.82 Å². The van der Waals surface area contributed by atoms with E-state index in [1.54, 1.807) is 0 Å². The number of aromatic nitrogens is 2. The first kappa shape index (κ1) is 16.5. The zero-order valence-corrected chi connectivity index (χ0v) is 14.1. The van der Waals surface area contributed by atoms with Crippen LogP contribution in [-0.4, -0.2) is 9.97 Å². The molecule has 1 aromatic rings. The Morgan fingerprint density at radius 3 is 2.33 bits per heavy atom. The van der Waals surface area contributed by atoms with Crippen LogP contribution in [0.1, 0.15) is 89.4 Å². The van der Waals surface area contributed by atoms with Crippen LogP contribution in [0.4, 0.5) is 0 Å². The van der Waals surface area contributed by atoms with E-state index in [-0.39, 0.29) is 0 Å². The van der Waals surface area contributed by atoms with Gasteiger partial charge in [-0.05, 0) is 62.3 Å². The Bertz CT molecular complexity index is 391. The van der Waals surface area contributed by atoms with E-state index in [2.05, 4.69) is 43.1 Å². The van der Waals surface area contributed by atoms with Gasteiger partial charge in [0, 0.05) is 18.3 Å². The van der Waals surface area contributed by atoms with Crippen LogP contribution >= 0.6 is 0 Å². The maximum atomic E-state index is 4.65. The van der Waals surface area contributed by atoms with Gasteiger partial charge >= 0.3 is 0 Å². The first-order valence-electron chi connectivity index (χ1n) is 9.03. The van der Waals surface area contributed by atoms with Gasteiger partial charge in [-0.15, -0.1) is 0 Å². The lowest BCUT2D eigenvalue weighted by Gasteiger charge is -2.29. The van der Waals surface area contributed by atoms with E-state index in [9.17, 15) is 0 Å². The van der Waals surface area contributed by atoms with Gasteiger partial charge in [0.15, 0.2) is 0 Å². The fourth-order valence-electron chi connectivity index (χ4n) is 3.48. The largest absolute Gasteiger partial charge is 0.241 e. The van der Waals surface area contributed by atoms with Crippen LogP contribution in [0.5, 0.6) is 0 Å². The van der Waals surface area contributed by atoms with Crippen molar-refractivity contribution in [1.82, 2.24) is 9.97 Å². The van der Waals surface area contributed by atoms with Crippen molar-refractivity contribution in [3.8, 4) is 0 Å². The summed E-state index contributed by atoms with van der Waals surface area (Å²) >= 11 is 0. The molecule has 1 aliphatic rings. The van der Waals surface area contributed by atoms with E-state index >= 15 is 0 Å². The van der Waals surface area contributed by atoms with Crippen LogP contribution in [0.15, 0.2) is 12.4 Å². The molecule has 1 fully saturated rings. The SMILES string of the molecule is CCCCc1cnc([C@H]2CC[C@H](CC(C)CC)CC2)nc1. The summed E-state index contributed by atoms with van der Waals surface area (Å²) in [5.41, 5.74) is 1.30. The lowest BCUT2D eigenvalue weighted by molar-refractivity contribution is 0.269. The molecule has 118 valence electrons. The monoisotopic (exact) mass is 288 g/mol. The lowest BCUT2D eigenvalue weighted by atomic mass is 9.77. The minimum atomic E-state index is 0.610. The van der Waals surface area contributed by atoms with Crippen LogP contribution in [0.2, 0.25) is 0 Å². The number of hydrogen-bond donors (Lipinski definition) is 0. The summed E-state index contributed by atoms with van der Waals surface area (Å²) in [6.45, 7) is 6.93. The first-order valence-corrected chi connectivity index (χ1v) is 9.03. The zero-order valence-electron chi connectivity index (χ0n) is 14.1. The van der Waals surface area contributed by atoms with Crippen molar-refractivity contribution in [1.29, 1.82) is 0 Å². The highest BCUT2D eigenvalue weighted by Crippen LogP contribution is 2.37. The number of rotatable bonds is 7. The Balaban J connectivity index is 1.81. The molecule has 21 heavy (non-hydrogen) atoms. The average molecular weight is 288 g/mol. The van der Waals surface area contributed by atoms with E-state index in [1.165, 1.54) is 56.9 Å². The molecule has 1 unspecified atom stereocenters. The van der Waals surface area contributed by atoms with Gasteiger partial charge in [0.25, 0.3) is 0 Å². The van der Waals surface area contributed by atoms with Crippen molar-refractivity contribution >= 4 is 0 Å². The van der Waals surface area contributed by atoms with Crippen molar-refractivity contribution in [3.05, 3.63) is 23.8 Å². The highest BCUT2D eigenvalue weighted by Gasteiger charge is 2.24. The summed E-state index contributed by atoms with van der Waals surface area (Å²) in [4.78, 5) is 9.29. The maximum absolute atomic E-state index is 4.65. The zero-order chi connectivity index (χ0) is 15.1.